The van der Waals surface area contributed by atoms with Gasteiger partial charge >= 0.3 is 0 Å². The zero-order valence-electron chi connectivity index (χ0n) is 9.98. The summed E-state index contributed by atoms with van der Waals surface area (Å²) in [6, 6.07) is 12.0. The lowest BCUT2D eigenvalue weighted by Crippen LogP contribution is -2.17. The van der Waals surface area contributed by atoms with Crippen molar-refractivity contribution in [3.63, 3.8) is 0 Å². The van der Waals surface area contributed by atoms with Gasteiger partial charge in [0.25, 0.3) is 0 Å². The summed E-state index contributed by atoms with van der Waals surface area (Å²) in [5.41, 5.74) is 3.00. The van der Waals surface area contributed by atoms with E-state index >= 15 is 0 Å². The number of hydrogen-bond acceptors (Lipinski definition) is 3. The predicted octanol–water partition coefficient (Wildman–Crippen LogP) is 4.12. The normalized spacial score (nSPS) is 12.1. The molecule has 0 bridgehead atoms. The van der Waals surface area contributed by atoms with E-state index in [2.05, 4.69) is 23.7 Å². The molecule has 0 fully saturated rings. The highest BCUT2D eigenvalue weighted by Gasteiger charge is 2.07. The SMILES string of the molecule is CC(NCc1cccc(C#N)c1)c1csc(Cl)c1. The third kappa shape index (κ3) is 3.33. The molecule has 1 aromatic carbocycles. The van der Waals surface area contributed by atoms with Gasteiger partial charge in [-0.1, -0.05) is 23.7 Å². The zero-order chi connectivity index (χ0) is 13.0. The van der Waals surface area contributed by atoms with Crippen LogP contribution >= 0.6 is 22.9 Å². The van der Waals surface area contributed by atoms with Crippen LogP contribution in [0.1, 0.15) is 29.7 Å². The third-order valence-electron chi connectivity index (χ3n) is 2.76. The molecule has 92 valence electrons. The molecule has 0 spiro atoms. The number of nitriles is 1. The monoisotopic (exact) mass is 276 g/mol. The topological polar surface area (TPSA) is 35.8 Å². The minimum Gasteiger partial charge on any atom is -0.306 e. The van der Waals surface area contributed by atoms with Gasteiger partial charge < -0.3 is 5.32 Å². The molecule has 4 heteroatoms. The van der Waals surface area contributed by atoms with Gasteiger partial charge in [-0.05, 0) is 41.6 Å². The summed E-state index contributed by atoms with van der Waals surface area (Å²) >= 11 is 7.46. The summed E-state index contributed by atoms with van der Waals surface area (Å²) < 4.78 is 0.810. The molecule has 0 aliphatic rings. The van der Waals surface area contributed by atoms with E-state index < -0.39 is 0 Å². The molecule has 1 heterocycles. The highest BCUT2D eigenvalue weighted by Crippen LogP contribution is 2.24. The Morgan fingerprint density at radius 1 is 1.44 bits per heavy atom. The lowest BCUT2D eigenvalue weighted by molar-refractivity contribution is 0.576. The molecule has 2 nitrogen and oxygen atoms in total. The fourth-order valence-electron chi connectivity index (χ4n) is 1.69. The van der Waals surface area contributed by atoms with Gasteiger partial charge in [-0.15, -0.1) is 11.3 Å². The largest absolute Gasteiger partial charge is 0.306 e. The van der Waals surface area contributed by atoms with Crippen molar-refractivity contribution in [2.75, 3.05) is 0 Å². The number of rotatable bonds is 4. The van der Waals surface area contributed by atoms with Crippen LogP contribution in [0.2, 0.25) is 4.34 Å². The summed E-state index contributed by atoms with van der Waals surface area (Å²) in [6.07, 6.45) is 0. The van der Waals surface area contributed by atoms with Gasteiger partial charge in [-0.25, -0.2) is 0 Å². The van der Waals surface area contributed by atoms with Crippen molar-refractivity contribution < 1.29 is 0 Å². The van der Waals surface area contributed by atoms with Gasteiger partial charge in [-0.3, -0.25) is 0 Å². The van der Waals surface area contributed by atoms with Crippen LogP contribution in [0.3, 0.4) is 0 Å². The van der Waals surface area contributed by atoms with E-state index in [1.165, 1.54) is 5.56 Å². The van der Waals surface area contributed by atoms with Gasteiger partial charge in [0.2, 0.25) is 0 Å². The molecule has 1 N–H and O–H groups in total. The molecule has 1 aromatic heterocycles. The molecule has 2 rings (SSSR count). The Kier molecular flexibility index (Phi) is 4.38. The molecular formula is C14H13ClN2S. The fraction of sp³-hybridized carbons (Fsp3) is 0.214. The van der Waals surface area contributed by atoms with Crippen LogP contribution < -0.4 is 5.32 Å². The van der Waals surface area contributed by atoms with E-state index in [0.717, 1.165) is 16.4 Å². The summed E-state index contributed by atoms with van der Waals surface area (Å²) in [5, 5.41) is 14.3. The number of benzene rings is 1. The summed E-state index contributed by atoms with van der Waals surface area (Å²) in [6.45, 7) is 2.84. The van der Waals surface area contributed by atoms with E-state index in [9.17, 15) is 0 Å². The van der Waals surface area contributed by atoms with Crippen LogP contribution in [0.5, 0.6) is 0 Å². The van der Waals surface area contributed by atoms with Crippen LogP contribution in [0.15, 0.2) is 35.7 Å². The third-order valence-corrected chi connectivity index (χ3v) is 3.87. The maximum Gasteiger partial charge on any atom is 0.0991 e. The second-order valence-electron chi connectivity index (χ2n) is 4.10. The molecule has 0 aliphatic carbocycles. The molecule has 0 aliphatic heterocycles. The Hall–Kier alpha value is -1.34. The molecule has 2 aromatic rings. The second-order valence-corrected chi connectivity index (χ2v) is 5.64. The molecule has 0 radical (unpaired) electrons. The molecule has 0 saturated heterocycles. The first-order valence-corrected chi connectivity index (χ1v) is 6.91. The summed E-state index contributed by atoms with van der Waals surface area (Å²) in [5.74, 6) is 0. The van der Waals surface area contributed by atoms with Crippen LogP contribution in [-0.4, -0.2) is 0 Å². The molecule has 18 heavy (non-hydrogen) atoms. The van der Waals surface area contributed by atoms with Crippen molar-refractivity contribution in [1.29, 1.82) is 5.26 Å². The van der Waals surface area contributed by atoms with Crippen molar-refractivity contribution in [2.45, 2.75) is 19.5 Å². The second kappa shape index (κ2) is 6.01. The maximum absolute atomic E-state index is 8.84. The first-order valence-electron chi connectivity index (χ1n) is 5.65. The van der Waals surface area contributed by atoms with E-state index in [-0.39, 0.29) is 6.04 Å². The Morgan fingerprint density at radius 2 is 2.28 bits per heavy atom. The molecular weight excluding hydrogens is 264 g/mol. The van der Waals surface area contributed by atoms with Crippen molar-refractivity contribution in [3.05, 3.63) is 56.7 Å². The summed E-state index contributed by atoms with van der Waals surface area (Å²) in [4.78, 5) is 0. The van der Waals surface area contributed by atoms with E-state index in [1.54, 1.807) is 11.3 Å². The number of thiophene rings is 1. The zero-order valence-corrected chi connectivity index (χ0v) is 11.6. The standard InChI is InChI=1S/C14H13ClN2S/c1-10(13-6-14(15)18-9-13)17-8-12-4-2-3-11(5-12)7-16/h2-6,9-10,17H,8H2,1H3. The van der Waals surface area contributed by atoms with Crippen LogP contribution in [-0.2, 0) is 6.54 Å². The van der Waals surface area contributed by atoms with Crippen molar-refractivity contribution in [1.82, 2.24) is 5.32 Å². The molecule has 1 unspecified atom stereocenters. The van der Waals surface area contributed by atoms with Gasteiger partial charge in [0.1, 0.15) is 0 Å². The Bertz CT molecular complexity index is 571. The minimum absolute atomic E-state index is 0.250. The van der Waals surface area contributed by atoms with Gasteiger partial charge in [0.15, 0.2) is 0 Å². The highest BCUT2D eigenvalue weighted by molar-refractivity contribution is 7.14. The maximum atomic E-state index is 8.84. The number of halogens is 1. The van der Waals surface area contributed by atoms with Crippen molar-refractivity contribution in [3.8, 4) is 6.07 Å². The number of nitrogens with zero attached hydrogens (tertiary/aromatic N) is 1. The quantitative estimate of drug-likeness (QED) is 0.912. The smallest absolute Gasteiger partial charge is 0.0991 e. The van der Waals surface area contributed by atoms with Crippen LogP contribution in [0.4, 0.5) is 0 Å². The average Bonchev–Trinajstić information content (AvgIpc) is 2.83. The molecule has 0 amide bonds. The van der Waals surface area contributed by atoms with Gasteiger partial charge in [0.05, 0.1) is 16.0 Å². The first kappa shape index (κ1) is 13.1. The highest BCUT2D eigenvalue weighted by atomic mass is 35.5. The van der Waals surface area contributed by atoms with E-state index in [4.69, 9.17) is 16.9 Å². The van der Waals surface area contributed by atoms with Gasteiger partial charge in [-0.2, -0.15) is 5.26 Å². The minimum atomic E-state index is 0.250. The Labute approximate surface area is 116 Å². The lowest BCUT2D eigenvalue weighted by atomic mass is 10.1. The van der Waals surface area contributed by atoms with Crippen LogP contribution in [0, 0.1) is 11.3 Å². The van der Waals surface area contributed by atoms with Crippen LogP contribution in [0.25, 0.3) is 0 Å². The predicted molar refractivity (Wildman–Crippen MR) is 75.7 cm³/mol. The van der Waals surface area contributed by atoms with E-state index in [1.807, 2.05) is 30.3 Å². The lowest BCUT2D eigenvalue weighted by Gasteiger charge is -2.12. The average molecular weight is 277 g/mol. The number of nitrogens with one attached hydrogen (secondary N) is 1. The first-order chi connectivity index (χ1) is 8.69. The number of hydrogen-bond donors (Lipinski definition) is 1. The Morgan fingerprint density at radius 3 is 2.94 bits per heavy atom. The summed E-state index contributed by atoms with van der Waals surface area (Å²) in [7, 11) is 0. The molecule has 0 saturated carbocycles. The Balaban J connectivity index is 1.97. The van der Waals surface area contributed by atoms with Gasteiger partial charge in [0, 0.05) is 12.6 Å². The van der Waals surface area contributed by atoms with Crippen molar-refractivity contribution in [2.24, 2.45) is 0 Å². The van der Waals surface area contributed by atoms with Crippen molar-refractivity contribution >= 4 is 22.9 Å². The fourth-order valence-corrected chi connectivity index (χ4v) is 2.67. The van der Waals surface area contributed by atoms with E-state index in [0.29, 0.717) is 5.56 Å². The molecule has 1 atom stereocenters.